The number of hydrogen-bond donors (Lipinski definition) is 1. The second kappa shape index (κ2) is 5.74. The highest BCUT2D eigenvalue weighted by molar-refractivity contribution is 5.90. The van der Waals surface area contributed by atoms with E-state index in [-0.39, 0.29) is 11.1 Å². The summed E-state index contributed by atoms with van der Waals surface area (Å²) < 4.78 is 1.53. The molecule has 1 aromatic carbocycles. The zero-order chi connectivity index (χ0) is 14.7. The van der Waals surface area contributed by atoms with Gasteiger partial charge in [0.05, 0.1) is 5.56 Å². The van der Waals surface area contributed by atoms with E-state index >= 15 is 0 Å². The molecule has 2 rings (SSSR count). The van der Waals surface area contributed by atoms with Gasteiger partial charge >= 0.3 is 5.97 Å². The van der Waals surface area contributed by atoms with Crippen molar-refractivity contribution in [3.8, 4) is 0 Å². The molecule has 0 aliphatic heterocycles. The maximum atomic E-state index is 12.0. The topological polar surface area (TPSA) is 59.3 Å². The third-order valence-electron chi connectivity index (χ3n) is 3.45. The Hall–Kier alpha value is -2.36. The molecule has 1 N–H and O–H groups in total. The quantitative estimate of drug-likeness (QED) is 0.929. The largest absolute Gasteiger partial charge is 0.478 e. The predicted octanol–water partition coefficient (Wildman–Crippen LogP) is 2.41. The third-order valence-corrected chi connectivity index (χ3v) is 3.45. The van der Waals surface area contributed by atoms with Gasteiger partial charge in [0.2, 0.25) is 0 Å². The van der Waals surface area contributed by atoms with Gasteiger partial charge in [-0.3, -0.25) is 4.79 Å². The smallest absolute Gasteiger partial charge is 0.337 e. The minimum absolute atomic E-state index is 0.152. The van der Waals surface area contributed by atoms with Crippen molar-refractivity contribution in [2.75, 3.05) is 0 Å². The first kappa shape index (κ1) is 14.1. The Labute approximate surface area is 117 Å². The summed E-state index contributed by atoms with van der Waals surface area (Å²) in [6.45, 7) is 3.82. The van der Waals surface area contributed by atoms with Gasteiger partial charge in [-0.25, -0.2) is 4.79 Å². The summed E-state index contributed by atoms with van der Waals surface area (Å²) in [5, 5.41) is 9.23. The first-order chi connectivity index (χ1) is 9.50. The summed E-state index contributed by atoms with van der Waals surface area (Å²) in [6, 6.07) is 11.2. The maximum absolute atomic E-state index is 12.0. The van der Waals surface area contributed by atoms with E-state index in [1.54, 1.807) is 13.8 Å². The number of aromatic carboxylic acids is 1. The second-order valence-corrected chi connectivity index (χ2v) is 4.82. The van der Waals surface area contributed by atoms with E-state index < -0.39 is 5.97 Å². The van der Waals surface area contributed by atoms with Crippen LogP contribution in [0.2, 0.25) is 0 Å². The lowest BCUT2D eigenvalue weighted by Gasteiger charge is -2.14. The molecule has 20 heavy (non-hydrogen) atoms. The van der Waals surface area contributed by atoms with E-state index in [9.17, 15) is 14.7 Å². The van der Waals surface area contributed by atoms with Crippen LogP contribution in [-0.2, 0) is 13.0 Å². The SMILES string of the molecule is Cc1cc(=O)n(CCc2ccccc2)c(C)c1C(=O)O. The number of carbonyl (C=O) groups is 1. The lowest BCUT2D eigenvalue weighted by Crippen LogP contribution is -2.26. The fraction of sp³-hybridized carbons (Fsp3) is 0.250. The molecule has 0 spiro atoms. The van der Waals surface area contributed by atoms with Crippen molar-refractivity contribution >= 4 is 5.97 Å². The highest BCUT2D eigenvalue weighted by atomic mass is 16.4. The molecular formula is C16H17NO3. The number of rotatable bonds is 4. The van der Waals surface area contributed by atoms with Crippen LogP contribution in [0.25, 0.3) is 0 Å². The molecule has 0 aliphatic carbocycles. The Morgan fingerprint density at radius 2 is 1.85 bits per heavy atom. The molecule has 4 heteroatoms. The van der Waals surface area contributed by atoms with Gasteiger partial charge in [0.1, 0.15) is 0 Å². The molecular weight excluding hydrogens is 254 g/mol. The number of nitrogens with zero attached hydrogens (tertiary/aromatic N) is 1. The number of aromatic nitrogens is 1. The van der Waals surface area contributed by atoms with Gasteiger partial charge in [-0.1, -0.05) is 30.3 Å². The van der Waals surface area contributed by atoms with Gasteiger partial charge in [-0.2, -0.15) is 0 Å². The summed E-state index contributed by atoms with van der Waals surface area (Å²) in [5.74, 6) is -0.992. The van der Waals surface area contributed by atoms with Gasteiger partial charge < -0.3 is 9.67 Å². The summed E-state index contributed by atoms with van der Waals surface area (Å²) in [7, 11) is 0. The normalized spacial score (nSPS) is 10.5. The molecule has 0 saturated carbocycles. The van der Waals surface area contributed by atoms with Crippen molar-refractivity contribution in [1.29, 1.82) is 0 Å². The van der Waals surface area contributed by atoms with Crippen molar-refractivity contribution < 1.29 is 9.90 Å². The highest BCUT2D eigenvalue weighted by Crippen LogP contribution is 2.12. The number of carboxylic acids is 1. The lowest BCUT2D eigenvalue weighted by molar-refractivity contribution is 0.0694. The van der Waals surface area contributed by atoms with Gasteiger partial charge in [-0.05, 0) is 31.4 Å². The number of hydrogen-bond acceptors (Lipinski definition) is 2. The van der Waals surface area contributed by atoms with Crippen LogP contribution < -0.4 is 5.56 Å². The Kier molecular flexibility index (Phi) is 4.03. The molecule has 0 atom stereocenters. The van der Waals surface area contributed by atoms with Crippen molar-refractivity contribution in [1.82, 2.24) is 4.57 Å². The summed E-state index contributed by atoms with van der Waals surface area (Å²) >= 11 is 0. The number of benzene rings is 1. The van der Waals surface area contributed by atoms with Crippen LogP contribution in [0.1, 0.15) is 27.2 Å². The fourth-order valence-electron chi connectivity index (χ4n) is 2.41. The Morgan fingerprint density at radius 1 is 1.20 bits per heavy atom. The van der Waals surface area contributed by atoms with Crippen LogP contribution in [0.15, 0.2) is 41.2 Å². The van der Waals surface area contributed by atoms with Gasteiger partial charge in [0.15, 0.2) is 0 Å². The first-order valence-electron chi connectivity index (χ1n) is 6.49. The Bertz CT molecular complexity index is 687. The van der Waals surface area contributed by atoms with Crippen LogP contribution >= 0.6 is 0 Å². The molecule has 0 bridgehead atoms. The van der Waals surface area contributed by atoms with E-state index in [1.165, 1.54) is 10.6 Å². The second-order valence-electron chi connectivity index (χ2n) is 4.82. The molecule has 104 valence electrons. The van der Waals surface area contributed by atoms with E-state index in [0.717, 1.165) is 5.56 Å². The molecule has 0 radical (unpaired) electrons. The molecule has 4 nitrogen and oxygen atoms in total. The molecule has 0 unspecified atom stereocenters. The van der Waals surface area contributed by atoms with E-state index in [4.69, 9.17) is 0 Å². The molecule has 2 aromatic rings. The van der Waals surface area contributed by atoms with Crippen molar-refractivity contribution in [3.63, 3.8) is 0 Å². The molecule has 0 aliphatic rings. The van der Waals surface area contributed by atoms with Crippen LogP contribution in [0.3, 0.4) is 0 Å². The van der Waals surface area contributed by atoms with Gasteiger partial charge in [0.25, 0.3) is 5.56 Å². The van der Waals surface area contributed by atoms with Crippen molar-refractivity contribution in [3.05, 3.63) is 69.1 Å². The molecule has 1 aromatic heterocycles. The van der Waals surface area contributed by atoms with E-state index in [2.05, 4.69) is 0 Å². The monoisotopic (exact) mass is 271 g/mol. The molecule has 1 heterocycles. The van der Waals surface area contributed by atoms with Crippen LogP contribution in [0.5, 0.6) is 0 Å². The molecule has 0 amide bonds. The molecule has 0 saturated heterocycles. The molecule has 0 fully saturated rings. The van der Waals surface area contributed by atoms with Crippen LogP contribution in [0, 0.1) is 13.8 Å². The number of aryl methyl sites for hydroxylation is 2. The summed E-state index contributed by atoms with van der Waals surface area (Å²) in [6.07, 6.45) is 0.698. The third kappa shape index (κ3) is 2.79. The van der Waals surface area contributed by atoms with E-state index in [0.29, 0.717) is 24.2 Å². The summed E-state index contributed by atoms with van der Waals surface area (Å²) in [5.41, 5.74) is 2.21. The van der Waals surface area contributed by atoms with Crippen molar-refractivity contribution in [2.24, 2.45) is 0 Å². The minimum atomic E-state index is -0.992. The minimum Gasteiger partial charge on any atom is -0.478 e. The fourth-order valence-corrected chi connectivity index (χ4v) is 2.41. The first-order valence-corrected chi connectivity index (χ1v) is 6.49. The summed E-state index contributed by atoms with van der Waals surface area (Å²) in [4.78, 5) is 23.3. The van der Waals surface area contributed by atoms with Crippen LogP contribution in [-0.4, -0.2) is 15.6 Å². The standard InChI is InChI=1S/C16H17NO3/c1-11-10-14(18)17(12(2)15(11)16(19)20)9-8-13-6-4-3-5-7-13/h3-7,10H,8-9H2,1-2H3,(H,19,20). The average Bonchev–Trinajstić information content (AvgIpc) is 2.38. The van der Waals surface area contributed by atoms with Crippen LogP contribution in [0.4, 0.5) is 0 Å². The van der Waals surface area contributed by atoms with Crippen molar-refractivity contribution in [2.45, 2.75) is 26.8 Å². The lowest BCUT2D eigenvalue weighted by atomic mass is 10.1. The Morgan fingerprint density at radius 3 is 2.45 bits per heavy atom. The van der Waals surface area contributed by atoms with Gasteiger partial charge in [-0.15, -0.1) is 0 Å². The highest BCUT2D eigenvalue weighted by Gasteiger charge is 2.15. The average molecular weight is 271 g/mol. The van der Waals surface area contributed by atoms with Gasteiger partial charge in [0, 0.05) is 18.3 Å². The number of pyridine rings is 1. The zero-order valence-electron chi connectivity index (χ0n) is 11.6. The van der Waals surface area contributed by atoms with E-state index in [1.807, 2.05) is 30.3 Å². The maximum Gasteiger partial charge on any atom is 0.337 e. The predicted molar refractivity (Wildman–Crippen MR) is 77.3 cm³/mol. The zero-order valence-corrected chi connectivity index (χ0v) is 11.6. The number of carboxylic acid groups (broad SMARTS) is 1. The Balaban J connectivity index is 2.35.